The van der Waals surface area contributed by atoms with Gasteiger partial charge in [0.05, 0.1) is 11.9 Å². The van der Waals surface area contributed by atoms with E-state index in [1.807, 2.05) is 6.07 Å². The van der Waals surface area contributed by atoms with Gasteiger partial charge >= 0.3 is 0 Å². The third-order valence-corrected chi connectivity index (χ3v) is 3.50. The van der Waals surface area contributed by atoms with Gasteiger partial charge in [0.1, 0.15) is 5.75 Å². The topological polar surface area (TPSA) is 45.1 Å². The zero-order chi connectivity index (χ0) is 14.5. The molecule has 0 bridgehead atoms. The van der Waals surface area contributed by atoms with Crippen LogP contribution in [0.1, 0.15) is 49.6 Å². The molecule has 1 aromatic heterocycles. The molecule has 3 heteroatoms. The maximum Gasteiger partial charge on any atom is 0.133 e. The number of aromatic hydroxyl groups is 1. The number of benzene rings is 1. The highest BCUT2D eigenvalue weighted by molar-refractivity contribution is 5.26. The van der Waals surface area contributed by atoms with E-state index in [-0.39, 0.29) is 11.8 Å². The van der Waals surface area contributed by atoms with Gasteiger partial charge in [-0.1, -0.05) is 38.1 Å². The van der Waals surface area contributed by atoms with Gasteiger partial charge in [-0.3, -0.25) is 4.98 Å². The van der Waals surface area contributed by atoms with Crippen molar-refractivity contribution in [1.82, 2.24) is 10.3 Å². The number of pyridine rings is 1. The number of hydrogen-bond acceptors (Lipinski definition) is 3. The van der Waals surface area contributed by atoms with Crippen LogP contribution in [0.4, 0.5) is 0 Å². The summed E-state index contributed by atoms with van der Waals surface area (Å²) in [5.41, 5.74) is 3.56. The molecule has 0 spiro atoms. The summed E-state index contributed by atoms with van der Waals surface area (Å²) in [5.74, 6) is 0.764. The molecule has 0 aliphatic rings. The van der Waals surface area contributed by atoms with Crippen LogP contribution in [-0.2, 0) is 6.54 Å². The predicted octanol–water partition coefficient (Wildman–Crippen LogP) is 3.76. The average Bonchev–Trinajstić information content (AvgIpc) is 2.46. The van der Waals surface area contributed by atoms with Crippen molar-refractivity contribution in [2.45, 2.75) is 39.3 Å². The summed E-state index contributed by atoms with van der Waals surface area (Å²) in [5, 5.41) is 12.6. The monoisotopic (exact) mass is 270 g/mol. The fourth-order valence-corrected chi connectivity index (χ4v) is 2.07. The first-order chi connectivity index (χ1) is 9.56. The highest BCUT2D eigenvalue weighted by Gasteiger charge is 2.06. The van der Waals surface area contributed by atoms with Crippen molar-refractivity contribution >= 4 is 0 Å². The van der Waals surface area contributed by atoms with Gasteiger partial charge < -0.3 is 10.4 Å². The average molecular weight is 270 g/mol. The van der Waals surface area contributed by atoms with E-state index < -0.39 is 0 Å². The molecule has 106 valence electrons. The fraction of sp³-hybridized carbons (Fsp3) is 0.353. The first-order valence-corrected chi connectivity index (χ1v) is 7.03. The molecule has 2 rings (SSSR count). The molecule has 3 nitrogen and oxygen atoms in total. The van der Waals surface area contributed by atoms with E-state index in [4.69, 9.17) is 0 Å². The minimum absolute atomic E-state index is 0.200. The number of nitrogens with zero attached hydrogens (tertiary/aromatic N) is 1. The SMILES string of the molecule is CC(C)c1ccc(C(C)NCc2ccc(O)cn2)cc1. The van der Waals surface area contributed by atoms with E-state index in [0.717, 1.165) is 5.69 Å². The van der Waals surface area contributed by atoms with E-state index in [9.17, 15) is 5.11 Å². The van der Waals surface area contributed by atoms with Crippen LogP contribution in [0.25, 0.3) is 0 Å². The summed E-state index contributed by atoms with van der Waals surface area (Å²) in [6.45, 7) is 7.23. The standard InChI is InChI=1S/C17H22N2O/c1-12(2)14-4-6-15(7-5-14)13(3)18-10-16-8-9-17(20)11-19-16/h4-9,11-13,18,20H,10H2,1-3H3. The molecular weight excluding hydrogens is 248 g/mol. The Morgan fingerprint density at radius 2 is 1.65 bits per heavy atom. The lowest BCUT2D eigenvalue weighted by Gasteiger charge is -2.15. The second-order valence-corrected chi connectivity index (χ2v) is 5.43. The van der Waals surface area contributed by atoms with Gasteiger partial charge in [-0.2, -0.15) is 0 Å². The fourth-order valence-electron chi connectivity index (χ4n) is 2.07. The van der Waals surface area contributed by atoms with Crippen LogP contribution in [-0.4, -0.2) is 10.1 Å². The Hall–Kier alpha value is -1.87. The van der Waals surface area contributed by atoms with Gasteiger partial charge in [0.15, 0.2) is 0 Å². The van der Waals surface area contributed by atoms with Crippen molar-refractivity contribution < 1.29 is 5.11 Å². The van der Waals surface area contributed by atoms with E-state index in [0.29, 0.717) is 12.5 Å². The molecule has 1 atom stereocenters. The second-order valence-electron chi connectivity index (χ2n) is 5.43. The van der Waals surface area contributed by atoms with Crippen LogP contribution in [0.15, 0.2) is 42.6 Å². The predicted molar refractivity (Wildman–Crippen MR) is 81.7 cm³/mol. The summed E-state index contributed by atoms with van der Waals surface area (Å²) in [4.78, 5) is 4.17. The smallest absolute Gasteiger partial charge is 0.133 e. The molecule has 0 aliphatic heterocycles. The van der Waals surface area contributed by atoms with E-state index in [1.54, 1.807) is 6.07 Å². The summed E-state index contributed by atoms with van der Waals surface area (Å²) in [6.07, 6.45) is 1.47. The van der Waals surface area contributed by atoms with Gasteiger partial charge in [-0.15, -0.1) is 0 Å². The molecule has 1 heterocycles. The molecule has 20 heavy (non-hydrogen) atoms. The molecule has 0 amide bonds. The van der Waals surface area contributed by atoms with Crippen LogP contribution < -0.4 is 5.32 Å². The van der Waals surface area contributed by atoms with Crippen molar-refractivity contribution in [2.75, 3.05) is 0 Å². The van der Waals surface area contributed by atoms with Crippen molar-refractivity contribution in [2.24, 2.45) is 0 Å². The zero-order valence-electron chi connectivity index (χ0n) is 12.3. The lowest BCUT2D eigenvalue weighted by molar-refractivity contribution is 0.471. The lowest BCUT2D eigenvalue weighted by Crippen LogP contribution is -2.18. The molecule has 1 unspecified atom stereocenters. The van der Waals surface area contributed by atoms with E-state index in [1.165, 1.54) is 17.3 Å². The molecule has 1 aromatic carbocycles. The van der Waals surface area contributed by atoms with Crippen molar-refractivity contribution in [1.29, 1.82) is 0 Å². The first kappa shape index (κ1) is 14.5. The Labute approximate surface area is 120 Å². The van der Waals surface area contributed by atoms with Crippen molar-refractivity contribution in [3.8, 4) is 5.75 Å². The first-order valence-electron chi connectivity index (χ1n) is 7.03. The van der Waals surface area contributed by atoms with Gasteiger partial charge in [-0.05, 0) is 36.1 Å². The largest absolute Gasteiger partial charge is 0.506 e. The highest BCUT2D eigenvalue weighted by atomic mass is 16.3. The molecule has 0 radical (unpaired) electrons. The summed E-state index contributed by atoms with van der Waals surface area (Å²) < 4.78 is 0. The van der Waals surface area contributed by atoms with Crippen LogP contribution in [0.5, 0.6) is 5.75 Å². The van der Waals surface area contributed by atoms with Gasteiger partial charge in [0, 0.05) is 12.6 Å². The Kier molecular flexibility index (Phi) is 4.74. The Morgan fingerprint density at radius 1 is 1.00 bits per heavy atom. The molecule has 0 aliphatic carbocycles. The van der Waals surface area contributed by atoms with Gasteiger partial charge in [0.25, 0.3) is 0 Å². The molecule has 2 N–H and O–H groups in total. The third kappa shape index (κ3) is 3.81. The minimum Gasteiger partial charge on any atom is -0.506 e. The number of rotatable bonds is 5. The Balaban J connectivity index is 1.94. The highest BCUT2D eigenvalue weighted by Crippen LogP contribution is 2.18. The van der Waals surface area contributed by atoms with Crippen molar-refractivity contribution in [3.63, 3.8) is 0 Å². The zero-order valence-corrected chi connectivity index (χ0v) is 12.3. The minimum atomic E-state index is 0.200. The van der Waals surface area contributed by atoms with E-state index >= 15 is 0 Å². The van der Waals surface area contributed by atoms with Crippen LogP contribution in [0.2, 0.25) is 0 Å². The van der Waals surface area contributed by atoms with Crippen LogP contribution in [0.3, 0.4) is 0 Å². The summed E-state index contributed by atoms with van der Waals surface area (Å²) in [6, 6.07) is 12.5. The van der Waals surface area contributed by atoms with Gasteiger partial charge in [0.2, 0.25) is 0 Å². The quantitative estimate of drug-likeness (QED) is 0.869. The third-order valence-electron chi connectivity index (χ3n) is 3.50. The lowest BCUT2D eigenvalue weighted by atomic mass is 9.99. The Morgan fingerprint density at radius 3 is 2.20 bits per heavy atom. The molecule has 0 fully saturated rings. The molecular formula is C17H22N2O. The normalized spacial score (nSPS) is 12.6. The summed E-state index contributed by atoms with van der Waals surface area (Å²) in [7, 11) is 0. The Bertz CT molecular complexity index is 532. The number of nitrogens with one attached hydrogen (secondary N) is 1. The summed E-state index contributed by atoms with van der Waals surface area (Å²) >= 11 is 0. The molecule has 2 aromatic rings. The number of hydrogen-bond donors (Lipinski definition) is 2. The van der Waals surface area contributed by atoms with E-state index in [2.05, 4.69) is 55.3 Å². The number of aromatic nitrogens is 1. The van der Waals surface area contributed by atoms with Crippen LogP contribution in [0, 0.1) is 0 Å². The van der Waals surface area contributed by atoms with Crippen molar-refractivity contribution in [3.05, 3.63) is 59.4 Å². The molecule has 0 saturated carbocycles. The maximum absolute atomic E-state index is 9.20. The van der Waals surface area contributed by atoms with Gasteiger partial charge in [-0.25, -0.2) is 0 Å². The van der Waals surface area contributed by atoms with Crippen LogP contribution >= 0.6 is 0 Å². The second kappa shape index (κ2) is 6.53. The maximum atomic E-state index is 9.20. The molecule has 0 saturated heterocycles.